The van der Waals surface area contributed by atoms with E-state index in [1.807, 2.05) is 16.8 Å². The molecule has 1 aromatic heterocycles. The number of imide groups is 1. The summed E-state index contributed by atoms with van der Waals surface area (Å²) in [6.45, 7) is 4.23. The van der Waals surface area contributed by atoms with Crippen LogP contribution in [0.3, 0.4) is 0 Å². The van der Waals surface area contributed by atoms with Crippen molar-refractivity contribution < 1.29 is 14.7 Å². The van der Waals surface area contributed by atoms with Crippen molar-refractivity contribution >= 4 is 11.8 Å². The number of carbonyl (C=O) groups is 2. The predicted molar refractivity (Wildman–Crippen MR) is 72.9 cm³/mol. The van der Waals surface area contributed by atoms with Crippen LogP contribution in [0.2, 0.25) is 0 Å². The summed E-state index contributed by atoms with van der Waals surface area (Å²) in [5, 5.41) is 10.2. The second-order valence-electron chi connectivity index (χ2n) is 6.70. The molecular formula is C15H20N2O3. The number of aromatic nitrogens is 1. The highest BCUT2D eigenvalue weighted by Crippen LogP contribution is 2.42. The summed E-state index contributed by atoms with van der Waals surface area (Å²) in [5.74, 6) is -0.302. The van der Waals surface area contributed by atoms with Gasteiger partial charge in [-0.05, 0) is 24.3 Å². The second-order valence-corrected chi connectivity index (χ2v) is 6.70. The normalized spacial score (nSPS) is 28.9. The number of amides is 2. The lowest BCUT2D eigenvalue weighted by molar-refractivity contribution is -0.137. The Labute approximate surface area is 118 Å². The van der Waals surface area contributed by atoms with Gasteiger partial charge in [0.05, 0.1) is 12.5 Å². The minimum absolute atomic E-state index is 0.0000820. The van der Waals surface area contributed by atoms with Gasteiger partial charge in [0.15, 0.2) is 0 Å². The highest BCUT2D eigenvalue weighted by atomic mass is 16.3. The fourth-order valence-corrected chi connectivity index (χ4v) is 3.40. The third-order valence-corrected chi connectivity index (χ3v) is 4.50. The van der Waals surface area contributed by atoms with E-state index in [2.05, 4.69) is 13.8 Å². The molecule has 1 N–H and O–H groups in total. The zero-order valence-corrected chi connectivity index (χ0v) is 12.1. The van der Waals surface area contributed by atoms with E-state index < -0.39 is 12.1 Å². The van der Waals surface area contributed by atoms with Crippen molar-refractivity contribution in [2.45, 2.75) is 45.3 Å². The molecule has 3 rings (SSSR count). The fraction of sp³-hybridized carbons (Fsp3) is 0.600. The molecule has 2 atom stereocenters. The first-order valence-electron chi connectivity index (χ1n) is 6.98. The Morgan fingerprint density at radius 2 is 2.05 bits per heavy atom. The largest absolute Gasteiger partial charge is 0.388 e. The van der Waals surface area contributed by atoms with Crippen LogP contribution in [0.4, 0.5) is 0 Å². The van der Waals surface area contributed by atoms with Crippen molar-refractivity contribution in [3.05, 3.63) is 23.5 Å². The van der Waals surface area contributed by atoms with Crippen LogP contribution < -0.4 is 0 Å². The van der Waals surface area contributed by atoms with E-state index in [4.69, 9.17) is 0 Å². The Hall–Kier alpha value is -1.62. The highest BCUT2D eigenvalue weighted by Gasteiger charge is 2.40. The molecule has 0 saturated carbocycles. The van der Waals surface area contributed by atoms with Crippen molar-refractivity contribution in [2.75, 3.05) is 7.05 Å². The average Bonchev–Trinajstić information content (AvgIpc) is 2.85. The van der Waals surface area contributed by atoms with Gasteiger partial charge in [-0.1, -0.05) is 13.8 Å². The van der Waals surface area contributed by atoms with Gasteiger partial charge in [-0.15, -0.1) is 0 Å². The zero-order chi connectivity index (χ0) is 14.7. The molecule has 5 nitrogen and oxygen atoms in total. The summed E-state index contributed by atoms with van der Waals surface area (Å²) in [7, 11) is 1.53. The maximum atomic E-state index is 12.2. The third kappa shape index (κ3) is 1.88. The Balaban J connectivity index is 2.02. The van der Waals surface area contributed by atoms with Crippen molar-refractivity contribution in [3.8, 4) is 0 Å². The van der Waals surface area contributed by atoms with E-state index in [0.717, 1.165) is 24.1 Å². The smallest absolute Gasteiger partial charge is 0.252 e. The van der Waals surface area contributed by atoms with Gasteiger partial charge >= 0.3 is 0 Å². The molecule has 0 aromatic carbocycles. The molecule has 2 heterocycles. The van der Waals surface area contributed by atoms with Crippen molar-refractivity contribution in [2.24, 2.45) is 5.41 Å². The van der Waals surface area contributed by atoms with Crippen molar-refractivity contribution in [1.29, 1.82) is 0 Å². The average molecular weight is 276 g/mol. The summed E-state index contributed by atoms with van der Waals surface area (Å²) in [6.07, 6.45) is 3.10. The molecule has 0 radical (unpaired) electrons. The van der Waals surface area contributed by atoms with Gasteiger partial charge in [0.25, 0.3) is 5.91 Å². The number of likely N-dealkylation sites (N-methyl/N-ethyl adjacent to an activating group) is 1. The van der Waals surface area contributed by atoms with E-state index in [-0.39, 0.29) is 23.7 Å². The van der Waals surface area contributed by atoms with E-state index in [9.17, 15) is 14.7 Å². The van der Waals surface area contributed by atoms with E-state index >= 15 is 0 Å². The molecule has 1 aliphatic heterocycles. The molecule has 1 aliphatic carbocycles. The van der Waals surface area contributed by atoms with Gasteiger partial charge in [-0.3, -0.25) is 14.5 Å². The molecule has 1 aromatic rings. The summed E-state index contributed by atoms with van der Waals surface area (Å²) in [4.78, 5) is 25.1. The minimum Gasteiger partial charge on any atom is -0.388 e. The van der Waals surface area contributed by atoms with Crippen LogP contribution in [0.5, 0.6) is 0 Å². The fourth-order valence-electron chi connectivity index (χ4n) is 3.40. The molecule has 1 fully saturated rings. The molecule has 0 spiro atoms. The van der Waals surface area contributed by atoms with Crippen LogP contribution >= 0.6 is 0 Å². The maximum absolute atomic E-state index is 12.2. The highest BCUT2D eigenvalue weighted by molar-refractivity contribution is 6.04. The molecule has 5 heteroatoms. The second kappa shape index (κ2) is 4.19. The zero-order valence-electron chi connectivity index (χ0n) is 12.1. The van der Waals surface area contributed by atoms with Crippen LogP contribution in [0.1, 0.15) is 50.1 Å². The van der Waals surface area contributed by atoms with Gasteiger partial charge < -0.3 is 9.67 Å². The summed E-state index contributed by atoms with van der Waals surface area (Å²) in [5.41, 5.74) is 1.90. The lowest BCUT2D eigenvalue weighted by Crippen LogP contribution is -2.30. The third-order valence-electron chi connectivity index (χ3n) is 4.50. The number of carbonyl (C=O) groups excluding carboxylic acids is 2. The number of aliphatic hydroxyl groups is 1. The quantitative estimate of drug-likeness (QED) is 0.789. The number of fused-ring (bicyclic) bond motifs is 1. The standard InChI is InChI=1S/C15H20N2O3/c1-15(2)7-11-9(12(18)8-15)4-5-17(11)10-6-13(19)16(3)14(10)20/h4-5,10,12,18H,6-8H2,1-3H3. The molecule has 2 amide bonds. The van der Waals surface area contributed by atoms with E-state index in [1.165, 1.54) is 11.9 Å². The number of nitrogens with zero attached hydrogens (tertiary/aromatic N) is 2. The van der Waals surface area contributed by atoms with Crippen LogP contribution in [0, 0.1) is 5.41 Å². The molecule has 2 aliphatic rings. The molecule has 2 unspecified atom stereocenters. The lowest BCUT2D eigenvalue weighted by Gasteiger charge is -2.34. The van der Waals surface area contributed by atoms with Gasteiger partial charge in [-0.2, -0.15) is 0 Å². The molecular weight excluding hydrogens is 256 g/mol. The van der Waals surface area contributed by atoms with Crippen LogP contribution in [-0.4, -0.2) is 33.4 Å². The van der Waals surface area contributed by atoms with Crippen molar-refractivity contribution in [1.82, 2.24) is 9.47 Å². The summed E-state index contributed by atoms with van der Waals surface area (Å²) < 4.78 is 1.89. The monoisotopic (exact) mass is 276 g/mol. The summed E-state index contributed by atoms with van der Waals surface area (Å²) in [6, 6.07) is 1.43. The van der Waals surface area contributed by atoms with Crippen LogP contribution in [0.25, 0.3) is 0 Å². The first-order valence-corrected chi connectivity index (χ1v) is 6.98. The first kappa shape index (κ1) is 13.4. The number of likely N-dealkylation sites (tertiary alicyclic amines) is 1. The minimum atomic E-state index is -0.486. The van der Waals surface area contributed by atoms with Gasteiger partial charge in [-0.25, -0.2) is 0 Å². The lowest BCUT2D eigenvalue weighted by atomic mass is 9.75. The number of rotatable bonds is 1. The Morgan fingerprint density at radius 3 is 2.65 bits per heavy atom. The number of aliphatic hydroxyl groups excluding tert-OH is 1. The van der Waals surface area contributed by atoms with Gasteiger partial charge in [0.2, 0.25) is 5.91 Å². The molecule has 20 heavy (non-hydrogen) atoms. The Bertz CT molecular complexity index is 588. The molecule has 1 saturated heterocycles. The van der Waals surface area contributed by atoms with Gasteiger partial charge in [0.1, 0.15) is 6.04 Å². The first-order chi connectivity index (χ1) is 9.30. The number of hydrogen-bond acceptors (Lipinski definition) is 3. The summed E-state index contributed by atoms with van der Waals surface area (Å²) >= 11 is 0. The maximum Gasteiger partial charge on any atom is 0.252 e. The predicted octanol–water partition coefficient (Wildman–Crippen LogP) is 1.42. The topological polar surface area (TPSA) is 62.5 Å². The van der Waals surface area contributed by atoms with Crippen molar-refractivity contribution in [3.63, 3.8) is 0 Å². The SMILES string of the molecule is CN1C(=O)CC(n2ccc3c2CC(C)(C)CC3O)C1=O. The van der Waals surface area contributed by atoms with Crippen LogP contribution in [0.15, 0.2) is 12.3 Å². The van der Waals surface area contributed by atoms with E-state index in [0.29, 0.717) is 0 Å². The Kier molecular flexibility index (Phi) is 2.80. The Morgan fingerprint density at radius 1 is 1.35 bits per heavy atom. The number of hydrogen-bond donors (Lipinski definition) is 1. The van der Waals surface area contributed by atoms with E-state index in [1.54, 1.807) is 0 Å². The molecule has 0 bridgehead atoms. The van der Waals surface area contributed by atoms with Crippen LogP contribution in [-0.2, 0) is 16.0 Å². The molecule has 108 valence electrons. The van der Waals surface area contributed by atoms with Gasteiger partial charge in [0, 0.05) is 24.5 Å².